The molecule has 0 unspecified atom stereocenters. The normalized spacial score (nSPS) is 10.3. The number of carbonyl (C=O) groups excluding carboxylic acids is 1. The molecule has 0 atom stereocenters. The maximum absolute atomic E-state index is 11.8. The van der Waals surface area contributed by atoms with Gasteiger partial charge in [-0.05, 0) is 36.8 Å². The molecule has 0 aliphatic carbocycles. The van der Waals surface area contributed by atoms with E-state index in [4.69, 9.17) is 16.3 Å². The van der Waals surface area contributed by atoms with Crippen molar-refractivity contribution in [2.75, 3.05) is 25.6 Å². The third kappa shape index (κ3) is 4.98. The highest BCUT2D eigenvalue weighted by Crippen LogP contribution is 2.18. The lowest BCUT2D eigenvalue weighted by Crippen LogP contribution is -2.26. The molecule has 2 aromatic rings. The van der Waals surface area contributed by atoms with Gasteiger partial charge in [-0.15, -0.1) is 10.2 Å². The standard InChI is InChI=1S/C15H17ClN4O2/c1-22-9-3-8-17-15(21)13-6-7-14(20-19-13)18-12-5-2-4-11(16)10-12/h2,4-7,10H,3,8-9H2,1H3,(H,17,21)(H,18,20). The molecule has 6 nitrogen and oxygen atoms in total. The summed E-state index contributed by atoms with van der Waals surface area (Å²) >= 11 is 5.91. The molecule has 0 saturated carbocycles. The number of methoxy groups -OCH3 is 1. The maximum atomic E-state index is 11.8. The molecule has 0 fully saturated rings. The molecule has 0 bridgehead atoms. The smallest absolute Gasteiger partial charge is 0.271 e. The molecule has 2 rings (SSSR count). The predicted molar refractivity (Wildman–Crippen MR) is 85.6 cm³/mol. The van der Waals surface area contributed by atoms with E-state index in [0.29, 0.717) is 24.0 Å². The van der Waals surface area contributed by atoms with Crippen molar-refractivity contribution in [1.82, 2.24) is 15.5 Å². The summed E-state index contributed by atoms with van der Waals surface area (Å²) < 4.78 is 4.91. The summed E-state index contributed by atoms with van der Waals surface area (Å²) in [5.74, 6) is 0.288. The number of hydrogen-bond acceptors (Lipinski definition) is 5. The second-order valence-electron chi connectivity index (χ2n) is 4.54. The average molecular weight is 321 g/mol. The van der Waals surface area contributed by atoms with Crippen LogP contribution in [0.4, 0.5) is 11.5 Å². The fourth-order valence-electron chi connectivity index (χ4n) is 1.74. The number of hydrogen-bond donors (Lipinski definition) is 2. The highest BCUT2D eigenvalue weighted by atomic mass is 35.5. The zero-order chi connectivity index (χ0) is 15.8. The molecule has 0 aliphatic heterocycles. The van der Waals surface area contributed by atoms with E-state index in [9.17, 15) is 4.79 Å². The summed E-state index contributed by atoms with van der Waals surface area (Å²) in [6.07, 6.45) is 0.754. The van der Waals surface area contributed by atoms with Crippen molar-refractivity contribution in [2.45, 2.75) is 6.42 Å². The summed E-state index contributed by atoms with van der Waals surface area (Å²) in [6.45, 7) is 1.14. The quantitative estimate of drug-likeness (QED) is 0.767. The van der Waals surface area contributed by atoms with Crippen LogP contribution in [0.5, 0.6) is 0 Å². The predicted octanol–water partition coefficient (Wildman–Crippen LogP) is 2.64. The minimum atomic E-state index is -0.252. The van der Waals surface area contributed by atoms with Gasteiger partial charge < -0.3 is 15.4 Å². The van der Waals surface area contributed by atoms with E-state index in [0.717, 1.165) is 12.1 Å². The number of halogens is 1. The molecule has 0 spiro atoms. The second-order valence-corrected chi connectivity index (χ2v) is 4.98. The van der Waals surface area contributed by atoms with Gasteiger partial charge in [-0.3, -0.25) is 4.79 Å². The van der Waals surface area contributed by atoms with Gasteiger partial charge in [0.1, 0.15) is 0 Å². The van der Waals surface area contributed by atoms with E-state index in [1.165, 1.54) is 0 Å². The SMILES string of the molecule is COCCCNC(=O)c1ccc(Nc2cccc(Cl)c2)nn1. The molecule has 1 aromatic carbocycles. The van der Waals surface area contributed by atoms with Gasteiger partial charge in [0, 0.05) is 31.0 Å². The van der Waals surface area contributed by atoms with Crippen LogP contribution in [-0.2, 0) is 4.74 Å². The van der Waals surface area contributed by atoms with Gasteiger partial charge in [-0.1, -0.05) is 17.7 Å². The molecule has 0 radical (unpaired) electrons. The van der Waals surface area contributed by atoms with Gasteiger partial charge in [0.25, 0.3) is 5.91 Å². The average Bonchev–Trinajstić information content (AvgIpc) is 2.52. The summed E-state index contributed by atoms with van der Waals surface area (Å²) in [5, 5.41) is 14.3. The fraction of sp³-hybridized carbons (Fsp3) is 0.267. The number of nitrogens with zero attached hydrogens (tertiary/aromatic N) is 2. The molecule has 0 saturated heterocycles. The number of amides is 1. The number of nitrogens with one attached hydrogen (secondary N) is 2. The van der Waals surface area contributed by atoms with Crippen molar-refractivity contribution in [1.29, 1.82) is 0 Å². The first-order chi connectivity index (χ1) is 10.7. The number of carbonyl (C=O) groups is 1. The maximum Gasteiger partial charge on any atom is 0.271 e. The Hall–Kier alpha value is -2.18. The van der Waals surface area contributed by atoms with Crippen molar-refractivity contribution in [3.63, 3.8) is 0 Å². The van der Waals surface area contributed by atoms with Crippen LogP contribution in [-0.4, -0.2) is 36.4 Å². The topological polar surface area (TPSA) is 76.1 Å². The summed E-state index contributed by atoms with van der Waals surface area (Å²) in [7, 11) is 1.62. The highest BCUT2D eigenvalue weighted by Gasteiger charge is 2.07. The Morgan fingerprint density at radius 3 is 2.82 bits per heavy atom. The molecule has 1 amide bonds. The molecule has 22 heavy (non-hydrogen) atoms. The first kappa shape index (κ1) is 16.2. The number of ether oxygens (including phenoxy) is 1. The molecule has 0 aliphatic rings. The molecule has 1 heterocycles. The number of benzene rings is 1. The third-order valence-electron chi connectivity index (χ3n) is 2.81. The Balaban J connectivity index is 1.91. The largest absolute Gasteiger partial charge is 0.385 e. The number of rotatable bonds is 7. The number of aromatic nitrogens is 2. The van der Waals surface area contributed by atoms with E-state index in [-0.39, 0.29) is 11.6 Å². The van der Waals surface area contributed by atoms with Crippen molar-refractivity contribution in [3.05, 3.63) is 47.1 Å². The van der Waals surface area contributed by atoms with Crippen LogP contribution in [0.2, 0.25) is 5.02 Å². The van der Waals surface area contributed by atoms with Crippen LogP contribution in [0, 0.1) is 0 Å². The Kier molecular flexibility index (Phi) is 6.12. The second kappa shape index (κ2) is 8.31. The van der Waals surface area contributed by atoms with Crippen molar-refractivity contribution in [3.8, 4) is 0 Å². The van der Waals surface area contributed by atoms with E-state index in [1.54, 1.807) is 31.4 Å². The van der Waals surface area contributed by atoms with Crippen LogP contribution in [0.15, 0.2) is 36.4 Å². The van der Waals surface area contributed by atoms with Crippen molar-refractivity contribution in [2.24, 2.45) is 0 Å². The van der Waals surface area contributed by atoms with Crippen molar-refractivity contribution >= 4 is 29.0 Å². The van der Waals surface area contributed by atoms with E-state index < -0.39 is 0 Å². The van der Waals surface area contributed by atoms with Gasteiger partial charge in [0.05, 0.1) is 0 Å². The lowest BCUT2D eigenvalue weighted by molar-refractivity contribution is 0.0942. The monoisotopic (exact) mass is 320 g/mol. The van der Waals surface area contributed by atoms with Gasteiger partial charge >= 0.3 is 0 Å². The first-order valence-corrected chi connectivity index (χ1v) is 7.20. The molecule has 116 valence electrons. The number of anilines is 2. The van der Waals surface area contributed by atoms with Gasteiger partial charge in [-0.2, -0.15) is 0 Å². The molecular formula is C15H17ClN4O2. The Morgan fingerprint density at radius 2 is 2.14 bits per heavy atom. The Morgan fingerprint density at radius 1 is 1.27 bits per heavy atom. The summed E-state index contributed by atoms with van der Waals surface area (Å²) in [6, 6.07) is 10.6. The minimum absolute atomic E-state index is 0.252. The van der Waals surface area contributed by atoms with E-state index >= 15 is 0 Å². The summed E-state index contributed by atoms with van der Waals surface area (Å²) in [5.41, 5.74) is 1.08. The summed E-state index contributed by atoms with van der Waals surface area (Å²) in [4.78, 5) is 11.8. The Labute approximate surface area is 133 Å². The van der Waals surface area contributed by atoms with Crippen LogP contribution in [0.1, 0.15) is 16.9 Å². The van der Waals surface area contributed by atoms with Crippen LogP contribution < -0.4 is 10.6 Å². The van der Waals surface area contributed by atoms with E-state index in [2.05, 4.69) is 20.8 Å². The molecule has 1 aromatic heterocycles. The molecule has 2 N–H and O–H groups in total. The zero-order valence-corrected chi connectivity index (χ0v) is 12.9. The highest BCUT2D eigenvalue weighted by molar-refractivity contribution is 6.30. The lowest BCUT2D eigenvalue weighted by Gasteiger charge is -2.06. The first-order valence-electron chi connectivity index (χ1n) is 6.82. The fourth-order valence-corrected chi connectivity index (χ4v) is 1.93. The van der Waals surface area contributed by atoms with E-state index in [1.807, 2.05) is 12.1 Å². The Bertz CT molecular complexity index is 619. The lowest BCUT2D eigenvalue weighted by atomic mass is 10.3. The third-order valence-corrected chi connectivity index (χ3v) is 3.04. The molecule has 7 heteroatoms. The van der Waals surface area contributed by atoms with Crippen molar-refractivity contribution < 1.29 is 9.53 Å². The van der Waals surface area contributed by atoms with Gasteiger partial charge in [-0.25, -0.2) is 0 Å². The van der Waals surface area contributed by atoms with Crippen LogP contribution in [0.25, 0.3) is 0 Å². The zero-order valence-electron chi connectivity index (χ0n) is 12.2. The van der Waals surface area contributed by atoms with Gasteiger partial charge in [0.15, 0.2) is 11.5 Å². The van der Waals surface area contributed by atoms with Crippen LogP contribution in [0.3, 0.4) is 0 Å². The molecular weight excluding hydrogens is 304 g/mol. The van der Waals surface area contributed by atoms with Gasteiger partial charge in [0.2, 0.25) is 0 Å². The minimum Gasteiger partial charge on any atom is -0.385 e. The van der Waals surface area contributed by atoms with Crippen LogP contribution >= 0.6 is 11.6 Å².